The van der Waals surface area contributed by atoms with Crippen LogP contribution in [-0.2, 0) is 4.79 Å². The second-order valence-corrected chi connectivity index (χ2v) is 4.54. The number of nitrogens with zero attached hydrogens (tertiary/aromatic N) is 1. The summed E-state index contributed by atoms with van der Waals surface area (Å²) in [6.07, 6.45) is 0.589. The third kappa shape index (κ3) is 3.62. The number of Topliss-reactive ketones (excluding diaryl/α,β-unsaturated/α-hetero) is 1. The predicted octanol–water partition coefficient (Wildman–Crippen LogP) is 3.31. The Morgan fingerprint density at radius 2 is 2.06 bits per heavy atom. The Bertz CT molecular complexity index is 365. The third-order valence-corrected chi connectivity index (χ3v) is 3.18. The first-order valence-electron chi connectivity index (χ1n) is 5.46. The quantitative estimate of drug-likeness (QED) is 0.786. The molecule has 0 N–H and O–H groups in total. The minimum Gasteiger partial charge on any atom is -0.300 e. The highest BCUT2D eigenvalue weighted by Crippen LogP contribution is 2.25. The number of hydrogen-bond acceptors (Lipinski definition) is 2. The molecular formula is C13H18ClNO. The molecule has 0 heterocycles. The zero-order chi connectivity index (χ0) is 12.1. The molecule has 0 aliphatic carbocycles. The molecule has 0 radical (unpaired) electrons. The van der Waals surface area contributed by atoms with Crippen LogP contribution in [0.2, 0.25) is 5.02 Å². The number of benzene rings is 1. The van der Waals surface area contributed by atoms with Crippen LogP contribution in [0.1, 0.15) is 31.9 Å². The number of rotatable bonds is 5. The topological polar surface area (TPSA) is 20.3 Å². The second kappa shape index (κ2) is 6.02. The Hall–Kier alpha value is -0.860. The maximum atomic E-state index is 10.9. The van der Waals surface area contributed by atoms with Crippen LogP contribution in [0.5, 0.6) is 0 Å². The van der Waals surface area contributed by atoms with Gasteiger partial charge in [0, 0.05) is 24.0 Å². The van der Waals surface area contributed by atoms with E-state index in [2.05, 4.69) is 11.8 Å². The van der Waals surface area contributed by atoms with Crippen molar-refractivity contribution in [1.29, 1.82) is 0 Å². The maximum Gasteiger partial charge on any atom is 0.131 e. The number of carbonyl (C=O) groups is 1. The summed E-state index contributed by atoms with van der Waals surface area (Å²) in [5.74, 6) is 0.221. The molecule has 0 fully saturated rings. The first-order chi connectivity index (χ1) is 7.52. The Morgan fingerprint density at radius 1 is 1.44 bits per heavy atom. The molecule has 0 aromatic heterocycles. The molecule has 2 nitrogen and oxygen atoms in total. The lowest BCUT2D eigenvalue weighted by Gasteiger charge is -2.25. The minimum atomic E-state index is 0.221. The van der Waals surface area contributed by atoms with Gasteiger partial charge >= 0.3 is 0 Å². The molecule has 88 valence electrons. The summed E-state index contributed by atoms with van der Waals surface area (Å²) in [5, 5.41) is 0.782. The highest BCUT2D eigenvalue weighted by Gasteiger charge is 2.14. The van der Waals surface area contributed by atoms with E-state index in [0.717, 1.165) is 17.1 Å². The Kier molecular flexibility index (Phi) is 4.97. The van der Waals surface area contributed by atoms with E-state index < -0.39 is 0 Å². The molecule has 0 saturated heterocycles. The molecular weight excluding hydrogens is 222 g/mol. The summed E-state index contributed by atoms with van der Waals surface area (Å²) in [4.78, 5) is 13.1. The van der Waals surface area contributed by atoms with Crippen LogP contribution < -0.4 is 0 Å². The fraction of sp³-hybridized carbons (Fsp3) is 0.462. The average molecular weight is 240 g/mol. The Morgan fingerprint density at radius 3 is 2.62 bits per heavy atom. The van der Waals surface area contributed by atoms with Crippen molar-refractivity contribution in [3.8, 4) is 0 Å². The van der Waals surface area contributed by atoms with Gasteiger partial charge in [-0.25, -0.2) is 0 Å². The Balaban J connectivity index is 2.66. The number of ketones is 1. The average Bonchev–Trinajstić information content (AvgIpc) is 2.25. The van der Waals surface area contributed by atoms with Gasteiger partial charge in [0.05, 0.1) is 0 Å². The predicted molar refractivity (Wildman–Crippen MR) is 67.8 cm³/mol. The van der Waals surface area contributed by atoms with E-state index >= 15 is 0 Å². The van der Waals surface area contributed by atoms with E-state index in [0.29, 0.717) is 6.42 Å². The molecule has 1 unspecified atom stereocenters. The van der Waals surface area contributed by atoms with Crippen molar-refractivity contribution >= 4 is 17.4 Å². The van der Waals surface area contributed by atoms with Gasteiger partial charge in [0.25, 0.3) is 0 Å². The van der Waals surface area contributed by atoms with Gasteiger partial charge in [-0.1, -0.05) is 29.8 Å². The molecule has 3 heteroatoms. The lowest BCUT2D eigenvalue weighted by atomic mass is 10.1. The van der Waals surface area contributed by atoms with E-state index in [1.807, 2.05) is 31.3 Å². The van der Waals surface area contributed by atoms with Gasteiger partial charge in [0.2, 0.25) is 0 Å². The second-order valence-electron chi connectivity index (χ2n) is 4.13. The number of hydrogen-bond donors (Lipinski definition) is 0. The molecule has 1 aromatic carbocycles. The number of halogens is 1. The van der Waals surface area contributed by atoms with Crippen molar-refractivity contribution in [3.05, 3.63) is 34.9 Å². The zero-order valence-electron chi connectivity index (χ0n) is 10.0. The minimum absolute atomic E-state index is 0.221. The molecule has 0 saturated carbocycles. The van der Waals surface area contributed by atoms with Crippen molar-refractivity contribution in [2.24, 2.45) is 0 Å². The van der Waals surface area contributed by atoms with Crippen LogP contribution in [0.25, 0.3) is 0 Å². The van der Waals surface area contributed by atoms with Gasteiger partial charge in [-0.05, 0) is 32.5 Å². The van der Waals surface area contributed by atoms with E-state index in [1.54, 1.807) is 6.92 Å². The maximum absolute atomic E-state index is 10.9. The van der Waals surface area contributed by atoms with Crippen LogP contribution in [0, 0.1) is 0 Å². The zero-order valence-corrected chi connectivity index (χ0v) is 10.8. The lowest BCUT2D eigenvalue weighted by molar-refractivity contribution is -0.117. The van der Waals surface area contributed by atoms with Gasteiger partial charge in [-0.2, -0.15) is 0 Å². The van der Waals surface area contributed by atoms with E-state index in [9.17, 15) is 4.79 Å². The molecule has 0 aliphatic rings. The monoisotopic (exact) mass is 239 g/mol. The summed E-state index contributed by atoms with van der Waals surface area (Å²) in [7, 11) is 2.01. The highest BCUT2D eigenvalue weighted by atomic mass is 35.5. The van der Waals surface area contributed by atoms with Crippen LogP contribution in [0.4, 0.5) is 0 Å². The van der Waals surface area contributed by atoms with Crippen molar-refractivity contribution in [1.82, 2.24) is 4.90 Å². The summed E-state index contributed by atoms with van der Waals surface area (Å²) in [6.45, 7) is 4.48. The molecule has 1 aromatic rings. The summed E-state index contributed by atoms with van der Waals surface area (Å²) < 4.78 is 0. The SMILES string of the molecule is CC(=O)CCN(C)C(C)c1ccccc1Cl. The molecule has 16 heavy (non-hydrogen) atoms. The fourth-order valence-corrected chi connectivity index (χ4v) is 1.87. The van der Waals surface area contributed by atoms with Crippen molar-refractivity contribution in [2.45, 2.75) is 26.3 Å². The van der Waals surface area contributed by atoms with E-state index in [1.165, 1.54) is 0 Å². The molecule has 0 bridgehead atoms. The summed E-state index contributed by atoms with van der Waals surface area (Å²) in [6, 6.07) is 8.06. The van der Waals surface area contributed by atoms with E-state index in [4.69, 9.17) is 11.6 Å². The largest absolute Gasteiger partial charge is 0.300 e. The number of carbonyl (C=O) groups excluding carboxylic acids is 1. The molecule has 0 spiro atoms. The Labute approximate surface area is 102 Å². The van der Waals surface area contributed by atoms with Gasteiger partial charge in [-0.3, -0.25) is 9.69 Å². The lowest BCUT2D eigenvalue weighted by Crippen LogP contribution is -2.25. The van der Waals surface area contributed by atoms with Crippen molar-refractivity contribution in [2.75, 3.05) is 13.6 Å². The van der Waals surface area contributed by atoms with Crippen LogP contribution in [0.15, 0.2) is 24.3 Å². The molecule has 1 atom stereocenters. The molecule has 1 rings (SSSR count). The van der Waals surface area contributed by atoms with Crippen molar-refractivity contribution in [3.63, 3.8) is 0 Å². The third-order valence-electron chi connectivity index (χ3n) is 2.83. The van der Waals surface area contributed by atoms with E-state index in [-0.39, 0.29) is 11.8 Å². The highest BCUT2D eigenvalue weighted by molar-refractivity contribution is 6.31. The van der Waals surface area contributed by atoms with Gasteiger partial charge < -0.3 is 0 Å². The summed E-state index contributed by atoms with van der Waals surface area (Å²) >= 11 is 6.13. The summed E-state index contributed by atoms with van der Waals surface area (Å²) in [5.41, 5.74) is 1.11. The van der Waals surface area contributed by atoms with Crippen LogP contribution >= 0.6 is 11.6 Å². The first kappa shape index (κ1) is 13.2. The van der Waals surface area contributed by atoms with Crippen LogP contribution in [0.3, 0.4) is 0 Å². The van der Waals surface area contributed by atoms with Gasteiger partial charge in [0.1, 0.15) is 5.78 Å². The normalized spacial score (nSPS) is 12.8. The van der Waals surface area contributed by atoms with Crippen molar-refractivity contribution < 1.29 is 4.79 Å². The molecule has 0 amide bonds. The van der Waals surface area contributed by atoms with Crippen LogP contribution in [-0.4, -0.2) is 24.3 Å². The molecule has 0 aliphatic heterocycles. The van der Waals surface area contributed by atoms with Gasteiger partial charge in [-0.15, -0.1) is 0 Å². The smallest absolute Gasteiger partial charge is 0.131 e. The first-order valence-corrected chi connectivity index (χ1v) is 5.84. The fourth-order valence-electron chi connectivity index (χ4n) is 1.58. The van der Waals surface area contributed by atoms with Gasteiger partial charge in [0.15, 0.2) is 0 Å². The standard InChI is InChI=1S/C13H18ClNO/c1-10(16)8-9-15(3)11(2)12-6-4-5-7-13(12)14/h4-7,11H,8-9H2,1-3H3.